The summed E-state index contributed by atoms with van der Waals surface area (Å²) in [6.07, 6.45) is 0. The van der Waals surface area contributed by atoms with E-state index in [2.05, 4.69) is 4.18 Å². The number of ether oxygens (including phenoxy) is 1. The zero-order valence-electron chi connectivity index (χ0n) is 7.80. The summed E-state index contributed by atoms with van der Waals surface area (Å²) < 4.78 is 20.9. The third-order valence-electron chi connectivity index (χ3n) is 1.53. The molecule has 1 aromatic rings. The van der Waals surface area contributed by atoms with Gasteiger partial charge in [0.1, 0.15) is 12.4 Å². The van der Waals surface area contributed by atoms with Gasteiger partial charge in [0.05, 0.1) is 18.6 Å². The van der Waals surface area contributed by atoms with Gasteiger partial charge in [-0.05, 0) is 24.3 Å². The molecule has 0 heterocycles. The minimum atomic E-state index is -1.41. The Bertz CT molecular complexity index is 296. The lowest BCUT2D eigenvalue weighted by atomic mass is 10.3. The van der Waals surface area contributed by atoms with Crippen LogP contribution in [0.4, 0.5) is 0 Å². The third-order valence-corrected chi connectivity index (χ3v) is 2.49. The van der Waals surface area contributed by atoms with E-state index in [1.807, 2.05) is 0 Å². The highest BCUT2D eigenvalue weighted by atomic mass is 32.2. The van der Waals surface area contributed by atoms with Crippen molar-refractivity contribution in [1.82, 2.24) is 0 Å². The van der Waals surface area contributed by atoms with Gasteiger partial charge in [-0.3, -0.25) is 4.18 Å². The van der Waals surface area contributed by atoms with Gasteiger partial charge in [-0.15, -0.1) is 0 Å². The average Bonchev–Trinajstić information content (AvgIpc) is 2.26. The van der Waals surface area contributed by atoms with Crippen LogP contribution in [0.2, 0.25) is 0 Å². The molecule has 0 saturated heterocycles. The van der Waals surface area contributed by atoms with E-state index >= 15 is 0 Å². The van der Waals surface area contributed by atoms with Gasteiger partial charge in [0.2, 0.25) is 0 Å². The van der Waals surface area contributed by atoms with E-state index in [4.69, 9.17) is 9.84 Å². The molecule has 0 saturated carbocycles. The molecule has 0 radical (unpaired) electrons. The highest BCUT2D eigenvalue weighted by Crippen LogP contribution is 2.14. The number of aliphatic hydroxyl groups is 1. The fourth-order valence-corrected chi connectivity index (χ4v) is 1.46. The molecule has 1 atom stereocenters. The van der Waals surface area contributed by atoms with E-state index in [0.29, 0.717) is 10.6 Å². The molecule has 1 rings (SSSR count). The number of hydrogen-bond donors (Lipinski definition) is 1. The molecule has 1 unspecified atom stereocenters. The largest absolute Gasteiger partial charge is 0.491 e. The van der Waals surface area contributed by atoms with E-state index in [1.165, 1.54) is 7.11 Å². The van der Waals surface area contributed by atoms with Gasteiger partial charge in [-0.25, -0.2) is 4.21 Å². The number of aliphatic hydroxyl groups excluding tert-OH is 1. The fraction of sp³-hybridized carbons (Fsp3) is 0.333. The summed E-state index contributed by atoms with van der Waals surface area (Å²) in [6.45, 7) is 0.235. The molecular formula is C9H12O4S. The third kappa shape index (κ3) is 3.10. The van der Waals surface area contributed by atoms with Crippen LogP contribution in [0.15, 0.2) is 29.2 Å². The molecule has 0 aromatic heterocycles. The van der Waals surface area contributed by atoms with Gasteiger partial charge < -0.3 is 9.84 Å². The van der Waals surface area contributed by atoms with Gasteiger partial charge in [-0.2, -0.15) is 0 Å². The summed E-state index contributed by atoms with van der Waals surface area (Å²) in [4.78, 5) is 0.587. The van der Waals surface area contributed by atoms with Crippen LogP contribution in [0.25, 0.3) is 0 Å². The number of rotatable bonds is 5. The first kappa shape index (κ1) is 11.2. The molecule has 14 heavy (non-hydrogen) atoms. The van der Waals surface area contributed by atoms with Crippen molar-refractivity contribution in [3.05, 3.63) is 24.3 Å². The standard InChI is InChI=1S/C9H12O4S/c1-12-14(11)9-4-2-8(3-5-9)13-7-6-10/h2-5,10H,6-7H2,1H3. The monoisotopic (exact) mass is 216 g/mol. The maximum atomic E-state index is 11.1. The van der Waals surface area contributed by atoms with Crippen LogP contribution in [-0.4, -0.2) is 29.6 Å². The minimum absolute atomic E-state index is 0.0221. The van der Waals surface area contributed by atoms with Gasteiger partial charge in [0.25, 0.3) is 0 Å². The zero-order chi connectivity index (χ0) is 10.4. The summed E-state index contributed by atoms with van der Waals surface area (Å²) >= 11 is -1.41. The lowest BCUT2D eigenvalue weighted by molar-refractivity contribution is 0.201. The SMILES string of the molecule is COS(=O)c1ccc(OCCO)cc1. The molecule has 0 bridgehead atoms. The molecule has 0 fully saturated rings. The van der Waals surface area contributed by atoms with Crippen molar-refractivity contribution in [1.29, 1.82) is 0 Å². The summed E-state index contributed by atoms with van der Waals surface area (Å²) in [5.41, 5.74) is 0. The van der Waals surface area contributed by atoms with Crippen LogP contribution in [0.5, 0.6) is 5.75 Å². The molecule has 0 aliphatic rings. The van der Waals surface area contributed by atoms with E-state index in [-0.39, 0.29) is 13.2 Å². The summed E-state index contributed by atoms with van der Waals surface area (Å²) in [5.74, 6) is 0.635. The molecule has 1 N–H and O–H groups in total. The van der Waals surface area contributed by atoms with Crippen molar-refractivity contribution in [2.45, 2.75) is 4.90 Å². The quantitative estimate of drug-likeness (QED) is 0.788. The number of hydrogen-bond acceptors (Lipinski definition) is 4. The smallest absolute Gasteiger partial charge is 0.188 e. The zero-order valence-corrected chi connectivity index (χ0v) is 8.62. The van der Waals surface area contributed by atoms with E-state index in [9.17, 15) is 4.21 Å². The topological polar surface area (TPSA) is 55.8 Å². The second kappa shape index (κ2) is 5.74. The Hall–Kier alpha value is -0.910. The molecule has 4 nitrogen and oxygen atoms in total. The lowest BCUT2D eigenvalue weighted by Gasteiger charge is -2.04. The molecule has 78 valence electrons. The maximum absolute atomic E-state index is 11.1. The lowest BCUT2D eigenvalue weighted by Crippen LogP contribution is -2.01. The van der Waals surface area contributed by atoms with Crippen molar-refractivity contribution in [2.24, 2.45) is 0 Å². The van der Waals surface area contributed by atoms with E-state index in [1.54, 1.807) is 24.3 Å². The highest BCUT2D eigenvalue weighted by Gasteiger charge is 2.01. The summed E-state index contributed by atoms with van der Waals surface area (Å²) in [5, 5.41) is 8.51. The Kier molecular flexibility index (Phi) is 4.58. The second-order valence-corrected chi connectivity index (χ2v) is 3.72. The molecule has 0 aliphatic heterocycles. The summed E-state index contributed by atoms with van der Waals surface area (Å²) in [7, 11) is 1.38. The Morgan fingerprint density at radius 1 is 1.36 bits per heavy atom. The van der Waals surface area contributed by atoms with Gasteiger partial charge in [0.15, 0.2) is 11.1 Å². The molecule has 0 spiro atoms. The van der Waals surface area contributed by atoms with Gasteiger partial charge in [-0.1, -0.05) is 0 Å². The first-order valence-corrected chi connectivity index (χ1v) is 5.15. The van der Waals surface area contributed by atoms with Crippen LogP contribution in [-0.2, 0) is 15.3 Å². The van der Waals surface area contributed by atoms with Crippen LogP contribution in [0.3, 0.4) is 0 Å². The van der Waals surface area contributed by atoms with Crippen molar-refractivity contribution < 1.29 is 18.2 Å². The van der Waals surface area contributed by atoms with Crippen LogP contribution in [0.1, 0.15) is 0 Å². The van der Waals surface area contributed by atoms with Crippen molar-refractivity contribution in [3.8, 4) is 5.75 Å². The molecular weight excluding hydrogens is 204 g/mol. The molecule has 0 amide bonds. The van der Waals surface area contributed by atoms with Crippen LogP contribution >= 0.6 is 0 Å². The first-order chi connectivity index (χ1) is 6.77. The summed E-state index contributed by atoms with van der Waals surface area (Å²) in [6, 6.07) is 6.68. The van der Waals surface area contributed by atoms with Crippen molar-refractivity contribution >= 4 is 11.1 Å². The average molecular weight is 216 g/mol. The fourth-order valence-electron chi connectivity index (χ4n) is 0.907. The predicted octanol–water partition coefficient (Wildman–Crippen LogP) is 0.727. The van der Waals surface area contributed by atoms with Gasteiger partial charge in [0, 0.05) is 0 Å². The van der Waals surface area contributed by atoms with E-state index < -0.39 is 11.1 Å². The maximum Gasteiger partial charge on any atom is 0.188 e. The molecule has 5 heteroatoms. The van der Waals surface area contributed by atoms with Crippen LogP contribution < -0.4 is 4.74 Å². The predicted molar refractivity (Wildman–Crippen MR) is 52.4 cm³/mol. The highest BCUT2D eigenvalue weighted by molar-refractivity contribution is 7.80. The first-order valence-electron chi connectivity index (χ1n) is 4.08. The van der Waals surface area contributed by atoms with Crippen molar-refractivity contribution in [3.63, 3.8) is 0 Å². The Morgan fingerprint density at radius 3 is 2.50 bits per heavy atom. The van der Waals surface area contributed by atoms with E-state index in [0.717, 1.165) is 0 Å². The van der Waals surface area contributed by atoms with Crippen molar-refractivity contribution in [2.75, 3.05) is 20.3 Å². The number of benzene rings is 1. The Morgan fingerprint density at radius 2 is 2.00 bits per heavy atom. The van der Waals surface area contributed by atoms with Gasteiger partial charge >= 0.3 is 0 Å². The Labute approximate surface area is 85.1 Å². The van der Waals surface area contributed by atoms with Crippen LogP contribution in [0, 0.1) is 0 Å². The Balaban J connectivity index is 2.63. The normalized spacial score (nSPS) is 12.4. The second-order valence-electron chi connectivity index (χ2n) is 2.44. The molecule has 0 aliphatic carbocycles. The minimum Gasteiger partial charge on any atom is -0.491 e. The molecule has 1 aromatic carbocycles.